The van der Waals surface area contributed by atoms with Crippen molar-refractivity contribution in [2.75, 3.05) is 40.9 Å². The van der Waals surface area contributed by atoms with Crippen LogP contribution in [0.4, 0.5) is 0 Å². The molecule has 75 heavy (non-hydrogen) atoms. The summed E-state index contributed by atoms with van der Waals surface area (Å²) < 4.78 is 30.6. The van der Waals surface area contributed by atoms with Crippen LogP contribution in [-0.2, 0) is 27.9 Å². The van der Waals surface area contributed by atoms with Crippen molar-refractivity contribution in [3.8, 4) is 0 Å². The van der Waals surface area contributed by atoms with Crippen molar-refractivity contribution in [2.45, 2.75) is 226 Å². The van der Waals surface area contributed by atoms with Crippen LogP contribution in [0.25, 0.3) is 0 Å². The summed E-state index contributed by atoms with van der Waals surface area (Å²) in [5.74, 6) is -0.636. The van der Waals surface area contributed by atoms with Gasteiger partial charge >= 0.3 is 13.8 Å². The molecule has 0 aliphatic rings. The van der Waals surface area contributed by atoms with Gasteiger partial charge in [0.25, 0.3) is 0 Å². The number of unbranched alkanes of at least 4 members (excludes halogenated alkanes) is 15. The van der Waals surface area contributed by atoms with Crippen LogP contribution < -0.4 is 5.32 Å². The molecule has 0 aliphatic heterocycles. The highest BCUT2D eigenvalue weighted by molar-refractivity contribution is 7.47. The predicted octanol–water partition coefficient (Wildman–Crippen LogP) is 18.1. The summed E-state index contributed by atoms with van der Waals surface area (Å²) >= 11 is 0. The van der Waals surface area contributed by atoms with Gasteiger partial charge in [-0.2, -0.15) is 0 Å². The first-order valence-corrected chi connectivity index (χ1v) is 31.0. The Morgan fingerprint density at radius 2 is 0.867 bits per heavy atom. The molecule has 9 nitrogen and oxygen atoms in total. The zero-order valence-electron chi connectivity index (χ0n) is 48.5. The fourth-order valence-corrected chi connectivity index (χ4v) is 8.33. The Morgan fingerprint density at radius 1 is 0.480 bits per heavy atom. The molecule has 2 N–H and O–H groups in total. The number of quaternary nitrogens is 1. The number of amides is 1. The van der Waals surface area contributed by atoms with Gasteiger partial charge in [0.1, 0.15) is 19.3 Å². The fraction of sp³-hybridized carbons (Fsp3) is 0.631. The maximum Gasteiger partial charge on any atom is 0.472 e. The third-order valence-corrected chi connectivity index (χ3v) is 13.1. The van der Waals surface area contributed by atoms with Crippen LogP contribution in [0.15, 0.2) is 134 Å². The summed E-state index contributed by atoms with van der Waals surface area (Å²) in [6.07, 6.45) is 76.1. The number of nitrogens with one attached hydrogen (secondary N) is 1. The standard InChI is InChI=1S/C65H109N2O7P/c1-7-10-13-16-19-22-25-28-30-32-33-34-35-36-38-40-43-46-49-52-55-58-65(69)74-63(56-53-50-47-44-41-27-24-21-18-15-12-9-3)62(61-73-75(70,71)72-60-59-67(4,5)6)66-64(68)57-54-51-48-45-42-39-37-31-29-26-23-20-17-14-11-8-2/h10-11,13-14,19-20,22-23,28-31,33-34,36,38-39,42,48,51,53,56,62-63H,7-9,12,15-18,21,24-27,32,35,37,40-41,43-47,49-50,52,54-55,57-61H2,1-6H3,(H-,66,68,70,71)/p+1/b13-10-,14-11+,22-19-,23-20+,30-28-,31-29+,34-33-,38-36-,42-39+,51-48+,56-53+. The summed E-state index contributed by atoms with van der Waals surface area (Å²) in [7, 11) is 1.42. The topological polar surface area (TPSA) is 111 Å². The third kappa shape index (κ3) is 54.7. The van der Waals surface area contributed by atoms with Crippen molar-refractivity contribution in [1.82, 2.24) is 5.32 Å². The van der Waals surface area contributed by atoms with Crippen LogP contribution in [-0.4, -0.2) is 74.3 Å². The van der Waals surface area contributed by atoms with E-state index in [1.54, 1.807) is 0 Å². The lowest BCUT2D eigenvalue weighted by atomic mass is 10.1. The van der Waals surface area contributed by atoms with E-state index in [-0.39, 0.29) is 37.9 Å². The summed E-state index contributed by atoms with van der Waals surface area (Å²) in [5.41, 5.74) is 0. The van der Waals surface area contributed by atoms with E-state index in [2.05, 4.69) is 135 Å². The Labute approximate surface area is 460 Å². The lowest BCUT2D eigenvalue weighted by Crippen LogP contribution is -2.47. The SMILES string of the molecule is CC/C=C\C/C=C\C/C=C\C/C=C\C/C=C\CCCCCCCC(=O)OC(/C=C/CCCCCCCCCCCC)C(COP(=O)(O)OCC[N+](C)(C)C)NC(=O)CC/C=C/C/C=C/C/C=C/C/C=C/C/C=C/CC. The van der Waals surface area contributed by atoms with Crippen molar-refractivity contribution in [3.05, 3.63) is 134 Å². The van der Waals surface area contributed by atoms with Gasteiger partial charge in [0, 0.05) is 12.8 Å². The zero-order chi connectivity index (χ0) is 55.0. The highest BCUT2D eigenvalue weighted by atomic mass is 31.2. The first-order chi connectivity index (χ1) is 36.4. The van der Waals surface area contributed by atoms with Gasteiger partial charge in [0.15, 0.2) is 0 Å². The Balaban J connectivity index is 5.45. The molecule has 0 saturated carbocycles. The molecule has 426 valence electrons. The van der Waals surface area contributed by atoms with Crippen LogP contribution in [0, 0.1) is 0 Å². The van der Waals surface area contributed by atoms with Gasteiger partial charge in [-0.3, -0.25) is 18.6 Å². The van der Waals surface area contributed by atoms with E-state index in [4.69, 9.17) is 13.8 Å². The summed E-state index contributed by atoms with van der Waals surface area (Å²) in [5, 5.41) is 2.99. The summed E-state index contributed by atoms with van der Waals surface area (Å²) in [6.45, 7) is 6.68. The van der Waals surface area contributed by atoms with E-state index in [9.17, 15) is 19.0 Å². The fourth-order valence-electron chi connectivity index (χ4n) is 7.60. The van der Waals surface area contributed by atoms with Crippen molar-refractivity contribution in [3.63, 3.8) is 0 Å². The number of hydrogen-bond acceptors (Lipinski definition) is 6. The molecular weight excluding hydrogens is 952 g/mol. The second-order valence-corrected chi connectivity index (χ2v) is 21.9. The second kappa shape index (κ2) is 53.5. The Kier molecular flexibility index (Phi) is 50.8. The molecule has 0 rings (SSSR count). The lowest BCUT2D eigenvalue weighted by Gasteiger charge is -2.27. The van der Waals surface area contributed by atoms with Crippen molar-refractivity contribution >= 4 is 19.7 Å². The number of phosphoric ester groups is 1. The molecule has 0 heterocycles. The van der Waals surface area contributed by atoms with E-state index in [1.165, 1.54) is 51.4 Å². The van der Waals surface area contributed by atoms with Crippen molar-refractivity contribution in [1.29, 1.82) is 0 Å². The number of hydrogen-bond donors (Lipinski definition) is 2. The minimum atomic E-state index is -4.48. The molecule has 0 bridgehead atoms. The molecule has 0 aromatic rings. The van der Waals surface area contributed by atoms with Gasteiger partial charge in [0.2, 0.25) is 5.91 Å². The Hall–Kier alpha value is -3.85. The average Bonchev–Trinajstić information content (AvgIpc) is 3.37. The number of ether oxygens (including phenoxy) is 1. The smallest absolute Gasteiger partial charge is 0.456 e. The zero-order valence-corrected chi connectivity index (χ0v) is 49.4. The second-order valence-electron chi connectivity index (χ2n) is 20.4. The Bertz CT molecular complexity index is 1740. The van der Waals surface area contributed by atoms with Crippen molar-refractivity contribution < 1.29 is 37.3 Å². The Morgan fingerprint density at radius 3 is 1.31 bits per heavy atom. The molecule has 0 spiro atoms. The highest BCUT2D eigenvalue weighted by Gasteiger charge is 2.30. The molecule has 0 saturated heterocycles. The van der Waals surface area contributed by atoms with Gasteiger partial charge in [-0.1, -0.05) is 225 Å². The number of allylic oxidation sites excluding steroid dienone is 21. The number of rotatable bonds is 51. The maximum absolute atomic E-state index is 13.5. The minimum absolute atomic E-state index is 0.0160. The van der Waals surface area contributed by atoms with E-state index in [0.29, 0.717) is 23.9 Å². The van der Waals surface area contributed by atoms with Gasteiger partial charge in [-0.25, -0.2) is 4.57 Å². The molecule has 0 aromatic carbocycles. The van der Waals surface area contributed by atoms with Crippen LogP contribution >= 0.6 is 7.82 Å². The molecule has 0 aromatic heterocycles. The quantitative estimate of drug-likeness (QED) is 0.0205. The van der Waals surface area contributed by atoms with Crippen LogP contribution in [0.1, 0.15) is 213 Å². The third-order valence-electron chi connectivity index (χ3n) is 12.1. The number of nitrogens with zero attached hydrogens (tertiary/aromatic N) is 1. The van der Waals surface area contributed by atoms with Crippen LogP contribution in [0.3, 0.4) is 0 Å². The van der Waals surface area contributed by atoms with E-state index in [1.807, 2.05) is 45.4 Å². The van der Waals surface area contributed by atoms with E-state index in [0.717, 1.165) is 116 Å². The monoisotopic (exact) mass is 1060 g/mol. The average molecular weight is 1060 g/mol. The normalized spacial score (nSPS) is 14.7. The van der Waals surface area contributed by atoms with Gasteiger partial charge in [-0.15, -0.1) is 0 Å². The molecule has 3 atom stereocenters. The molecule has 0 fully saturated rings. The molecule has 10 heteroatoms. The number of carbonyl (C=O) groups is 2. The molecule has 0 aliphatic carbocycles. The first-order valence-electron chi connectivity index (χ1n) is 29.5. The predicted molar refractivity (Wildman–Crippen MR) is 323 cm³/mol. The van der Waals surface area contributed by atoms with E-state index >= 15 is 0 Å². The number of likely N-dealkylation sites (N-methyl/N-ethyl adjacent to an activating group) is 1. The summed E-state index contributed by atoms with van der Waals surface area (Å²) in [6, 6.07) is -0.905. The first kappa shape index (κ1) is 71.2. The number of phosphoric acid groups is 1. The van der Waals surface area contributed by atoms with Crippen LogP contribution in [0.2, 0.25) is 0 Å². The minimum Gasteiger partial charge on any atom is -0.456 e. The molecule has 0 radical (unpaired) electrons. The molecule has 3 unspecified atom stereocenters. The molecular formula is C65H110N2O7P+. The molecule has 1 amide bonds. The maximum atomic E-state index is 13.5. The van der Waals surface area contributed by atoms with Gasteiger partial charge in [0.05, 0.1) is 33.8 Å². The lowest BCUT2D eigenvalue weighted by molar-refractivity contribution is -0.870. The van der Waals surface area contributed by atoms with E-state index < -0.39 is 20.0 Å². The van der Waals surface area contributed by atoms with Crippen LogP contribution in [0.5, 0.6) is 0 Å². The largest absolute Gasteiger partial charge is 0.472 e. The van der Waals surface area contributed by atoms with Crippen molar-refractivity contribution in [2.24, 2.45) is 0 Å². The van der Waals surface area contributed by atoms with Gasteiger partial charge < -0.3 is 19.4 Å². The summed E-state index contributed by atoms with van der Waals surface area (Å²) in [4.78, 5) is 37.6. The highest BCUT2D eigenvalue weighted by Crippen LogP contribution is 2.43. The number of carbonyl (C=O) groups excluding carboxylic acids is 2. The van der Waals surface area contributed by atoms with Gasteiger partial charge in [-0.05, 0) is 109 Å². The number of esters is 1.